The summed E-state index contributed by atoms with van der Waals surface area (Å²) in [5.41, 5.74) is -0.451. The van der Waals surface area contributed by atoms with Crippen molar-refractivity contribution in [2.24, 2.45) is 5.92 Å². The Bertz CT molecular complexity index is 795. The van der Waals surface area contributed by atoms with E-state index in [-0.39, 0.29) is 35.2 Å². The van der Waals surface area contributed by atoms with Gasteiger partial charge in [-0.25, -0.2) is 4.79 Å². The van der Waals surface area contributed by atoms with Crippen LogP contribution in [0.4, 0.5) is 13.2 Å². The van der Waals surface area contributed by atoms with Crippen LogP contribution in [0.5, 0.6) is 0 Å². The Hall–Kier alpha value is -2.29. The number of aromatic nitrogens is 2. The van der Waals surface area contributed by atoms with Crippen LogP contribution in [-0.4, -0.2) is 39.4 Å². The normalized spacial score (nSPS) is 14.6. The molecule has 3 N–H and O–H groups in total. The van der Waals surface area contributed by atoms with Gasteiger partial charge in [-0.05, 0) is 31.0 Å². The van der Waals surface area contributed by atoms with Crippen molar-refractivity contribution in [1.82, 2.24) is 14.9 Å². The number of hydrogen-bond donors (Lipinski definition) is 3. The summed E-state index contributed by atoms with van der Waals surface area (Å²) in [6.07, 6.45) is -4.52. The van der Waals surface area contributed by atoms with Crippen LogP contribution >= 0.6 is 0 Å². The molecule has 1 aromatic heterocycles. The molecule has 2 atom stereocenters. The van der Waals surface area contributed by atoms with Crippen molar-refractivity contribution in [2.45, 2.75) is 32.6 Å². The molecular weight excluding hydrogens is 327 g/mol. The number of carbonyl (C=O) groups is 1. The third kappa shape index (κ3) is 3.97. The highest BCUT2D eigenvalue weighted by Crippen LogP contribution is 2.20. The van der Waals surface area contributed by atoms with Crippen molar-refractivity contribution >= 4 is 16.9 Å². The molecule has 9 heteroatoms. The number of carbonyl (C=O) groups excluding carboxylic acids is 1. The predicted octanol–water partition coefficient (Wildman–Crippen LogP) is 1.64. The molecule has 0 aliphatic rings. The molecule has 0 saturated heterocycles. The first kappa shape index (κ1) is 18.1. The number of aliphatic hydroxyl groups excluding tert-OH is 1. The SMILES string of the molecule is CC(CO)C(C)NC(=O)c1ccc2c(c1)[nH]c(=O)n2CC(F)(F)F. The Balaban J connectivity index is 2.29. The van der Waals surface area contributed by atoms with Crippen LogP contribution in [0.25, 0.3) is 11.0 Å². The number of amides is 1. The smallest absolute Gasteiger partial charge is 0.396 e. The molecule has 2 rings (SSSR count). The second kappa shape index (κ2) is 6.68. The van der Waals surface area contributed by atoms with Crippen LogP contribution in [-0.2, 0) is 6.54 Å². The lowest BCUT2D eigenvalue weighted by molar-refractivity contribution is -0.140. The zero-order valence-corrected chi connectivity index (χ0v) is 13.1. The summed E-state index contributed by atoms with van der Waals surface area (Å²) in [6.45, 7) is 2.01. The van der Waals surface area contributed by atoms with E-state index in [1.807, 2.05) is 0 Å². The van der Waals surface area contributed by atoms with Crippen molar-refractivity contribution in [2.75, 3.05) is 6.61 Å². The van der Waals surface area contributed by atoms with E-state index >= 15 is 0 Å². The molecule has 2 aromatic rings. The Morgan fingerprint density at radius 2 is 2.04 bits per heavy atom. The zero-order valence-electron chi connectivity index (χ0n) is 13.1. The van der Waals surface area contributed by atoms with Crippen molar-refractivity contribution in [3.05, 3.63) is 34.2 Å². The summed E-state index contributed by atoms with van der Waals surface area (Å²) < 4.78 is 38.2. The number of fused-ring (bicyclic) bond motifs is 1. The third-order valence-electron chi connectivity index (χ3n) is 3.87. The minimum absolute atomic E-state index is 0.0747. The van der Waals surface area contributed by atoms with Crippen LogP contribution in [0.3, 0.4) is 0 Å². The van der Waals surface area contributed by atoms with Crippen molar-refractivity contribution in [1.29, 1.82) is 0 Å². The molecule has 0 aliphatic heterocycles. The predicted molar refractivity (Wildman–Crippen MR) is 81.8 cm³/mol. The van der Waals surface area contributed by atoms with E-state index in [2.05, 4.69) is 10.3 Å². The highest BCUT2D eigenvalue weighted by atomic mass is 19.4. The number of imidazole rings is 1. The highest BCUT2D eigenvalue weighted by Gasteiger charge is 2.30. The van der Waals surface area contributed by atoms with E-state index in [4.69, 9.17) is 5.11 Å². The number of hydrogen-bond acceptors (Lipinski definition) is 3. The minimum atomic E-state index is -4.52. The van der Waals surface area contributed by atoms with Gasteiger partial charge in [-0.3, -0.25) is 9.36 Å². The van der Waals surface area contributed by atoms with E-state index in [9.17, 15) is 22.8 Å². The molecule has 0 saturated carbocycles. The topological polar surface area (TPSA) is 87.1 Å². The molecule has 0 spiro atoms. The number of halogens is 3. The Morgan fingerprint density at radius 3 is 2.62 bits per heavy atom. The summed E-state index contributed by atoms with van der Waals surface area (Å²) in [7, 11) is 0. The van der Waals surface area contributed by atoms with Gasteiger partial charge in [0.15, 0.2) is 0 Å². The van der Waals surface area contributed by atoms with Gasteiger partial charge < -0.3 is 15.4 Å². The van der Waals surface area contributed by atoms with Crippen LogP contribution in [0, 0.1) is 5.92 Å². The number of aromatic amines is 1. The summed E-state index contributed by atoms with van der Waals surface area (Å²) in [4.78, 5) is 26.2. The van der Waals surface area contributed by atoms with Gasteiger partial charge in [-0.15, -0.1) is 0 Å². The minimum Gasteiger partial charge on any atom is -0.396 e. The average Bonchev–Trinajstić information content (AvgIpc) is 2.79. The largest absolute Gasteiger partial charge is 0.406 e. The number of benzene rings is 1. The maximum absolute atomic E-state index is 12.5. The van der Waals surface area contributed by atoms with E-state index < -0.39 is 24.3 Å². The maximum atomic E-state index is 12.5. The van der Waals surface area contributed by atoms with Crippen LogP contribution in [0.2, 0.25) is 0 Å². The van der Waals surface area contributed by atoms with Gasteiger partial charge >= 0.3 is 11.9 Å². The maximum Gasteiger partial charge on any atom is 0.406 e. The van der Waals surface area contributed by atoms with Gasteiger partial charge in [-0.1, -0.05) is 6.92 Å². The van der Waals surface area contributed by atoms with Gasteiger partial charge in [-0.2, -0.15) is 13.2 Å². The number of nitrogens with one attached hydrogen (secondary N) is 2. The Morgan fingerprint density at radius 1 is 1.38 bits per heavy atom. The first-order valence-electron chi connectivity index (χ1n) is 7.33. The van der Waals surface area contributed by atoms with Gasteiger partial charge in [0.05, 0.1) is 11.0 Å². The quantitative estimate of drug-likeness (QED) is 0.770. The standard InChI is InChI=1S/C15H18F3N3O3/c1-8(6-22)9(2)19-13(23)10-3-4-12-11(5-10)20-14(24)21(12)7-15(16,17)18/h3-5,8-9,22H,6-7H2,1-2H3,(H,19,23)(H,20,24). The molecule has 0 fully saturated rings. The summed E-state index contributed by atoms with van der Waals surface area (Å²) in [6, 6.07) is 3.70. The molecule has 0 bridgehead atoms. The van der Waals surface area contributed by atoms with Gasteiger partial charge in [0.2, 0.25) is 0 Å². The fourth-order valence-electron chi connectivity index (χ4n) is 2.23. The molecule has 0 radical (unpaired) electrons. The lowest BCUT2D eigenvalue weighted by atomic mass is 10.0. The number of aliphatic hydroxyl groups is 1. The van der Waals surface area contributed by atoms with Crippen molar-refractivity contribution in [3.63, 3.8) is 0 Å². The molecule has 0 aliphatic carbocycles. The molecule has 24 heavy (non-hydrogen) atoms. The van der Waals surface area contributed by atoms with Crippen LogP contribution in [0.1, 0.15) is 24.2 Å². The van der Waals surface area contributed by atoms with E-state index in [1.165, 1.54) is 18.2 Å². The first-order chi connectivity index (χ1) is 11.1. The molecule has 2 unspecified atom stereocenters. The Labute approximate surface area is 135 Å². The molecule has 1 heterocycles. The Kier molecular flexibility index (Phi) is 5.02. The lowest BCUT2D eigenvalue weighted by Crippen LogP contribution is -2.38. The van der Waals surface area contributed by atoms with Crippen LogP contribution < -0.4 is 11.0 Å². The zero-order chi connectivity index (χ0) is 18.1. The van der Waals surface area contributed by atoms with E-state index in [0.29, 0.717) is 4.57 Å². The van der Waals surface area contributed by atoms with Gasteiger partial charge in [0, 0.05) is 18.2 Å². The molecule has 1 amide bonds. The van der Waals surface area contributed by atoms with Crippen LogP contribution in [0.15, 0.2) is 23.0 Å². The monoisotopic (exact) mass is 345 g/mol. The summed E-state index contributed by atoms with van der Waals surface area (Å²) in [5.74, 6) is -0.584. The fraction of sp³-hybridized carbons (Fsp3) is 0.467. The fourth-order valence-corrected chi connectivity index (χ4v) is 2.23. The third-order valence-corrected chi connectivity index (χ3v) is 3.87. The summed E-state index contributed by atoms with van der Waals surface area (Å²) in [5, 5.41) is 11.8. The molecule has 1 aromatic carbocycles. The van der Waals surface area contributed by atoms with E-state index in [1.54, 1.807) is 13.8 Å². The lowest BCUT2D eigenvalue weighted by Gasteiger charge is -2.19. The second-order valence-electron chi connectivity index (χ2n) is 5.79. The van der Waals surface area contributed by atoms with Gasteiger partial charge in [0.1, 0.15) is 6.54 Å². The number of alkyl halides is 3. The van der Waals surface area contributed by atoms with Gasteiger partial charge in [0.25, 0.3) is 5.91 Å². The average molecular weight is 345 g/mol. The van der Waals surface area contributed by atoms with Crippen molar-refractivity contribution < 1.29 is 23.1 Å². The first-order valence-corrected chi connectivity index (χ1v) is 7.33. The van der Waals surface area contributed by atoms with Crippen molar-refractivity contribution in [3.8, 4) is 0 Å². The molecule has 132 valence electrons. The molecule has 6 nitrogen and oxygen atoms in total. The highest BCUT2D eigenvalue weighted by molar-refractivity contribution is 5.97. The molecular formula is C15H18F3N3O3. The summed E-state index contributed by atoms with van der Waals surface area (Å²) >= 11 is 0. The van der Waals surface area contributed by atoms with E-state index in [0.717, 1.165) is 0 Å². The number of H-pyrrole nitrogens is 1. The second-order valence-corrected chi connectivity index (χ2v) is 5.79. The number of rotatable bonds is 5. The number of nitrogens with zero attached hydrogens (tertiary/aromatic N) is 1.